The molecular weight excluding hydrogens is 220 g/mol. The molecule has 2 aromatic rings. The van der Waals surface area contributed by atoms with E-state index in [1.54, 1.807) is 0 Å². The van der Waals surface area contributed by atoms with Gasteiger partial charge in [0.2, 0.25) is 0 Å². The standard InChI is InChI=1S/C10H14N6O/c17-8-2-1-7(5-8)6-11-9-3-4-10-12-14-15-16(10)13-9/h3-4,7-8,17H,1-2,5-6H2,(H,11,13). The summed E-state index contributed by atoms with van der Waals surface area (Å²) in [5.41, 5.74) is 0.631. The largest absolute Gasteiger partial charge is 0.393 e. The highest BCUT2D eigenvalue weighted by molar-refractivity contribution is 5.42. The molecule has 2 unspecified atom stereocenters. The van der Waals surface area contributed by atoms with Gasteiger partial charge in [-0.3, -0.25) is 0 Å². The quantitative estimate of drug-likeness (QED) is 0.782. The lowest BCUT2D eigenvalue weighted by Crippen LogP contribution is -2.14. The normalized spacial score (nSPS) is 24.3. The zero-order chi connectivity index (χ0) is 11.7. The van der Waals surface area contributed by atoms with Crippen molar-refractivity contribution in [1.82, 2.24) is 25.3 Å². The van der Waals surface area contributed by atoms with Gasteiger partial charge in [0.1, 0.15) is 5.82 Å². The third-order valence-electron chi connectivity index (χ3n) is 3.15. The molecular formula is C10H14N6O. The van der Waals surface area contributed by atoms with Gasteiger partial charge < -0.3 is 10.4 Å². The number of fused-ring (bicyclic) bond motifs is 1. The van der Waals surface area contributed by atoms with Crippen molar-refractivity contribution < 1.29 is 5.11 Å². The van der Waals surface area contributed by atoms with Gasteiger partial charge in [-0.1, -0.05) is 0 Å². The predicted molar refractivity (Wildman–Crippen MR) is 60.4 cm³/mol. The molecule has 17 heavy (non-hydrogen) atoms. The van der Waals surface area contributed by atoms with E-state index in [2.05, 4.69) is 25.9 Å². The number of hydrogen-bond acceptors (Lipinski definition) is 6. The number of hydrogen-bond donors (Lipinski definition) is 2. The molecule has 1 aliphatic carbocycles. The molecule has 7 nitrogen and oxygen atoms in total. The second kappa shape index (κ2) is 4.25. The Kier molecular flexibility index (Phi) is 2.60. The fourth-order valence-corrected chi connectivity index (χ4v) is 2.23. The molecule has 1 fully saturated rings. The number of aliphatic hydroxyl groups is 1. The van der Waals surface area contributed by atoms with E-state index in [0.717, 1.165) is 31.6 Å². The van der Waals surface area contributed by atoms with Crippen LogP contribution in [0.4, 0.5) is 5.82 Å². The molecule has 7 heteroatoms. The first-order valence-electron chi connectivity index (χ1n) is 5.78. The van der Waals surface area contributed by atoms with Crippen LogP contribution in [0, 0.1) is 5.92 Å². The van der Waals surface area contributed by atoms with E-state index in [0.29, 0.717) is 11.6 Å². The summed E-state index contributed by atoms with van der Waals surface area (Å²) in [6.45, 7) is 0.831. The Morgan fingerprint density at radius 2 is 2.35 bits per heavy atom. The molecule has 2 atom stereocenters. The fourth-order valence-electron chi connectivity index (χ4n) is 2.23. The third kappa shape index (κ3) is 2.19. The minimum atomic E-state index is -0.128. The lowest BCUT2D eigenvalue weighted by atomic mass is 10.1. The van der Waals surface area contributed by atoms with Gasteiger partial charge in [0.15, 0.2) is 5.65 Å². The molecule has 0 saturated heterocycles. The molecule has 0 bridgehead atoms. The Morgan fingerprint density at radius 3 is 3.18 bits per heavy atom. The van der Waals surface area contributed by atoms with Crippen molar-refractivity contribution in [3.05, 3.63) is 12.1 Å². The Morgan fingerprint density at radius 1 is 1.41 bits per heavy atom. The average molecular weight is 234 g/mol. The highest BCUT2D eigenvalue weighted by atomic mass is 16.3. The topological polar surface area (TPSA) is 88.2 Å². The Hall–Kier alpha value is -1.76. The van der Waals surface area contributed by atoms with E-state index in [1.165, 1.54) is 4.63 Å². The number of aliphatic hydroxyl groups excluding tert-OH is 1. The van der Waals surface area contributed by atoms with E-state index in [4.69, 9.17) is 0 Å². The Bertz CT molecular complexity index is 512. The van der Waals surface area contributed by atoms with Crippen LogP contribution in [0.2, 0.25) is 0 Å². The van der Waals surface area contributed by atoms with Crippen LogP contribution in [0.1, 0.15) is 19.3 Å². The third-order valence-corrected chi connectivity index (χ3v) is 3.15. The summed E-state index contributed by atoms with van der Waals surface area (Å²) in [6.07, 6.45) is 2.73. The molecule has 3 rings (SSSR count). The number of aromatic nitrogens is 5. The molecule has 1 aliphatic rings. The number of nitrogens with one attached hydrogen (secondary N) is 1. The number of nitrogens with zero attached hydrogens (tertiary/aromatic N) is 5. The van der Waals surface area contributed by atoms with Crippen molar-refractivity contribution in [1.29, 1.82) is 0 Å². The lowest BCUT2D eigenvalue weighted by Gasteiger charge is -2.10. The maximum atomic E-state index is 9.44. The van der Waals surface area contributed by atoms with E-state index < -0.39 is 0 Å². The molecule has 0 aromatic carbocycles. The van der Waals surface area contributed by atoms with Crippen molar-refractivity contribution >= 4 is 11.5 Å². The van der Waals surface area contributed by atoms with Crippen molar-refractivity contribution in [3.63, 3.8) is 0 Å². The SMILES string of the molecule is OC1CCC(CNc2ccc3nnnn3n2)C1. The minimum Gasteiger partial charge on any atom is -0.393 e. The summed E-state index contributed by atoms with van der Waals surface area (Å²) in [6, 6.07) is 3.68. The summed E-state index contributed by atoms with van der Waals surface area (Å²) in [4.78, 5) is 0. The first kappa shape index (κ1) is 10.4. The van der Waals surface area contributed by atoms with Gasteiger partial charge in [-0.2, -0.15) is 0 Å². The Labute approximate surface area is 97.8 Å². The van der Waals surface area contributed by atoms with Gasteiger partial charge >= 0.3 is 0 Å². The highest BCUT2D eigenvalue weighted by Gasteiger charge is 2.22. The summed E-state index contributed by atoms with van der Waals surface area (Å²) >= 11 is 0. The molecule has 90 valence electrons. The molecule has 0 aliphatic heterocycles. The molecule has 0 spiro atoms. The maximum Gasteiger partial charge on any atom is 0.200 e. The number of tetrazole rings is 1. The molecule has 2 heterocycles. The Balaban J connectivity index is 1.64. The number of rotatable bonds is 3. The van der Waals surface area contributed by atoms with Crippen molar-refractivity contribution in [2.45, 2.75) is 25.4 Å². The molecule has 0 amide bonds. The van der Waals surface area contributed by atoms with E-state index in [9.17, 15) is 5.11 Å². The van der Waals surface area contributed by atoms with Crippen LogP contribution >= 0.6 is 0 Å². The molecule has 0 radical (unpaired) electrons. The highest BCUT2D eigenvalue weighted by Crippen LogP contribution is 2.25. The van der Waals surface area contributed by atoms with Crippen LogP contribution < -0.4 is 5.32 Å². The van der Waals surface area contributed by atoms with E-state index in [1.807, 2.05) is 12.1 Å². The second-order valence-corrected chi connectivity index (χ2v) is 4.46. The van der Waals surface area contributed by atoms with Crippen molar-refractivity contribution in [3.8, 4) is 0 Å². The van der Waals surface area contributed by atoms with Crippen molar-refractivity contribution in [2.75, 3.05) is 11.9 Å². The first-order chi connectivity index (χ1) is 8.31. The van der Waals surface area contributed by atoms with Gasteiger partial charge in [-0.25, -0.2) is 0 Å². The monoisotopic (exact) mass is 234 g/mol. The minimum absolute atomic E-state index is 0.128. The van der Waals surface area contributed by atoms with Crippen LogP contribution in [0.15, 0.2) is 12.1 Å². The van der Waals surface area contributed by atoms with Gasteiger partial charge in [-0.15, -0.1) is 14.8 Å². The molecule has 2 N–H and O–H groups in total. The first-order valence-corrected chi connectivity index (χ1v) is 5.78. The van der Waals surface area contributed by atoms with Crippen LogP contribution in [-0.2, 0) is 0 Å². The van der Waals surface area contributed by atoms with E-state index >= 15 is 0 Å². The fraction of sp³-hybridized carbons (Fsp3) is 0.600. The smallest absolute Gasteiger partial charge is 0.200 e. The summed E-state index contributed by atoms with van der Waals surface area (Å²) < 4.78 is 1.39. The number of anilines is 1. The lowest BCUT2D eigenvalue weighted by molar-refractivity contribution is 0.178. The van der Waals surface area contributed by atoms with Crippen LogP contribution in [0.25, 0.3) is 5.65 Å². The predicted octanol–water partition coefficient (Wildman–Crippen LogP) is 0.0922. The molecule has 2 aromatic heterocycles. The van der Waals surface area contributed by atoms with Crippen LogP contribution in [-0.4, -0.2) is 43.0 Å². The zero-order valence-electron chi connectivity index (χ0n) is 9.32. The van der Waals surface area contributed by atoms with Crippen LogP contribution in [0.5, 0.6) is 0 Å². The average Bonchev–Trinajstić information content (AvgIpc) is 2.94. The second-order valence-electron chi connectivity index (χ2n) is 4.46. The van der Waals surface area contributed by atoms with Gasteiger partial charge in [-0.05, 0) is 47.7 Å². The summed E-state index contributed by atoms with van der Waals surface area (Å²) in [7, 11) is 0. The van der Waals surface area contributed by atoms with Crippen molar-refractivity contribution in [2.24, 2.45) is 5.92 Å². The van der Waals surface area contributed by atoms with Gasteiger partial charge in [0, 0.05) is 6.54 Å². The van der Waals surface area contributed by atoms with Gasteiger partial charge in [0.25, 0.3) is 0 Å². The zero-order valence-corrected chi connectivity index (χ0v) is 9.32. The molecule has 1 saturated carbocycles. The maximum absolute atomic E-state index is 9.44. The van der Waals surface area contributed by atoms with Gasteiger partial charge in [0.05, 0.1) is 6.10 Å². The summed E-state index contributed by atoms with van der Waals surface area (Å²) in [5, 5.41) is 28.0. The van der Waals surface area contributed by atoms with Crippen LogP contribution in [0.3, 0.4) is 0 Å². The van der Waals surface area contributed by atoms with E-state index in [-0.39, 0.29) is 6.10 Å². The summed E-state index contributed by atoms with van der Waals surface area (Å²) in [5.74, 6) is 1.28.